The fraction of sp³-hybridized carbons (Fsp3) is 0.333. The number of rotatable bonds is 9. The molecule has 0 aromatic heterocycles. The van der Waals surface area contributed by atoms with E-state index in [1.807, 2.05) is 12.1 Å². The minimum Gasteiger partial charge on any atom is -0.367 e. The standard InChI is InChI=1S/C30H37N5O3S/c1-3-23-11-7-14-27(28(31)36)30(33-25-12-8-13-26(21-25)39(2,37)38)34-29(23)32-24-16-19-35(20-17-24)18-15-22-9-5-4-6-10-22/h4-14,21,24H,3,15-20H2,1-2H3,(H2,31,36)(H2,32,33,34). The van der Waals surface area contributed by atoms with Crippen molar-refractivity contribution in [3.8, 4) is 0 Å². The van der Waals surface area contributed by atoms with E-state index in [9.17, 15) is 13.2 Å². The predicted molar refractivity (Wildman–Crippen MR) is 157 cm³/mol. The average molecular weight is 548 g/mol. The molecule has 1 saturated heterocycles. The second-order valence-electron chi connectivity index (χ2n) is 9.91. The van der Waals surface area contributed by atoms with E-state index in [0.717, 1.165) is 57.1 Å². The number of amidine groups is 1. The van der Waals surface area contributed by atoms with E-state index in [4.69, 9.17) is 10.7 Å². The number of aliphatic imine (C=N–C) groups is 1. The molecule has 8 nitrogen and oxygen atoms in total. The molecule has 1 amide bonds. The van der Waals surface area contributed by atoms with Gasteiger partial charge in [0.2, 0.25) is 0 Å². The highest BCUT2D eigenvalue weighted by atomic mass is 32.2. The lowest BCUT2D eigenvalue weighted by atomic mass is 10.0. The first kappa shape index (κ1) is 28.3. The molecule has 0 spiro atoms. The van der Waals surface area contributed by atoms with Gasteiger partial charge in [0.1, 0.15) is 11.7 Å². The smallest absolute Gasteiger partial charge is 0.252 e. The van der Waals surface area contributed by atoms with E-state index < -0.39 is 15.7 Å². The highest BCUT2D eigenvalue weighted by Crippen LogP contribution is 2.21. The lowest BCUT2D eigenvalue weighted by Crippen LogP contribution is -2.43. The van der Waals surface area contributed by atoms with Gasteiger partial charge in [-0.25, -0.2) is 13.4 Å². The molecular formula is C30H37N5O3S. The maximum atomic E-state index is 12.4. The van der Waals surface area contributed by atoms with E-state index in [1.165, 1.54) is 17.7 Å². The molecule has 2 aromatic rings. The highest BCUT2D eigenvalue weighted by molar-refractivity contribution is 7.90. The van der Waals surface area contributed by atoms with Crippen LogP contribution in [0.3, 0.4) is 0 Å². The first-order chi connectivity index (χ1) is 18.7. The summed E-state index contributed by atoms with van der Waals surface area (Å²) < 4.78 is 24.1. The van der Waals surface area contributed by atoms with Crippen LogP contribution in [0, 0.1) is 0 Å². The Morgan fingerprint density at radius 2 is 1.85 bits per heavy atom. The van der Waals surface area contributed by atoms with Crippen molar-refractivity contribution in [2.75, 3.05) is 31.2 Å². The molecule has 0 saturated carbocycles. The number of primary amides is 1. The topological polar surface area (TPSA) is 117 Å². The lowest BCUT2D eigenvalue weighted by Gasteiger charge is -2.33. The number of hydrogen-bond donors (Lipinski definition) is 3. The minimum absolute atomic E-state index is 0.172. The zero-order chi connectivity index (χ0) is 27.8. The number of carbonyl (C=O) groups is 1. The number of likely N-dealkylation sites (tertiary alicyclic amines) is 1. The summed E-state index contributed by atoms with van der Waals surface area (Å²) in [5.74, 6) is 0.326. The Hall–Kier alpha value is -3.69. The van der Waals surface area contributed by atoms with Crippen LogP contribution >= 0.6 is 0 Å². The summed E-state index contributed by atoms with van der Waals surface area (Å²) in [5, 5.41) is 6.77. The molecule has 4 N–H and O–H groups in total. The summed E-state index contributed by atoms with van der Waals surface area (Å²) in [7, 11) is -3.40. The zero-order valence-corrected chi connectivity index (χ0v) is 23.4. The Balaban J connectivity index is 1.51. The maximum Gasteiger partial charge on any atom is 0.252 e. The molecule has 2 aliphatic heterocycles. The van der Waals surface area contributed by atoms with Crippen molar-refractivity contribution in [1.82, 2.24) is 10.2 Å². The van der Waals surface area contributed by atoms with Crippen LogP contribution in [0.1, 0.15) is 31.7 Å². The van der Waals surface area contributed by atoms with E-state index in [2.05, 4.69) is 46.7 Å². The van der Waals surface area contributed by atoms with Gasteiger partial charge in [-0.15, -0.1) is 0 Å². The molecule has 0 unspecified atom stereocenters. The molecule has 0 aliphatic carbocycles. The summed E-state index contributed by atoms with van der Waals surface area (Å²) in [4.78, 5) is 19.9. The number of piperidine rings is 1. The maximum absolute atomic E-state index is 12.4. The third-order valence-corrected chi connectivity index (χ3v) is 8.11. The second-order valence-corrected chi connectivity index (χ2v) is 11.9. The quantitative estimate of drug-likeness (QED) is 0.440. The largest absolute Gasteiger partial charge is 0.367 e. The number of nitrogens with one attached hydrogen (secondary N) is 2. The van der Waals surface area contributed by atoms with Crippen molar-refractivity contribution in [3.63, 3.8) is 0 Å². The van der Waals surface area contributed by atoms with Gasteiger partial charge in [-0.3, -0.25) is 4.79 Å². The Morgan fingerprint density at radius 3 is 2.51 bits per heavy atom. The van der Waals surface area contributed by atoms with Gasteiger partial charge in [0.05, 0.1) is 10.5 Å². The van der Waals surface area contributed by atoms with Crippen molar-refractivity contribution in [2.24, 2.45) is 10.7 Å². The second kappa shape index (κ2) is 12.9. The number of allylic oxidation sites excluding steroid dienone is 4. The van der Waals surface area contributed by atoms with Crippen LogP contribution < -0.4 is 16.4 Å². The number of nitrogens with zero attached hydrogens (tertiary/aromatic N) is 2. The number of anilines is 1. The van der Waals surface area contributed by atoms with Gasteiger partial charge in [-0.2, -0.15) is 0 Å². The molecule has 4 rings (SSSR count). The Morgan fingerprint density at radius 1 is 1.10 bits per heavy atom. The van der Waals surface area contributed by atoms with Crippen molar-refractivity contribution < 1.29 is 13.2 Å². The molecule has 1 fully saturated rings. The molecule has 39 heavy (non-hydrogen) atoms. The van der Waals surface area contributed by atoms with Crippen LogP contribution in [0.2, 0.25) is 0 Å². The van der Waals surface area contributed by atoms with Crippen LogP contribution in [0.15, 0.2) is 99.7 Å². The normalized spacial score (nSPS) is 22.5. The number of sulfone groups is 1. The van der Waals surface area contributed by atoms with Gasteiger partial charge in [-0.1, -0.05) is 55.5 Å². The molecule has 0 atom stereocenters. The van der Waals surface area contributed by atoms with Gasteiger partial charge >= 0.3 is 0 Å². The molecule has 2 aromatic carbocycles. The monoisotopic (exact) mass is 547 g/mol. The van der Waals surface area contributed by atoms with Gasteiger partial charge in [-0.05, 0) is 61.1 Å². The summed E-state index contributed by atoms with van der Waals surface area (Å²) in [5.41, 5.74) is 8.78. The average Bonchev–Trinajstić information content (AvgIpc) is 2.91. The number of hydrogen-bond acceptors (Lipinski definition) is 7. The van der Waals surface area contributed by atoms with Gasteiger partial charge < -0.3 is 21.3 Å². The molecule has 2 heterocycles. The predicted octanol–water partition coefficient (Wildman–Crippen LogP) is 3.80. The molecule has 9 heteroatoms. The van der Waals surface area contributed by atoms with Crippen LogP contribution in [-0.4, -0.2) is 57.0 Å². The van der Waals surface area contributed by atoms with E-state index in [-0.39, 0.29) is 22.3 Å². The third kappa shape index (κ3) is 7.91. The summed E-state index contributed by atoms with van der Waals surface area (Å²) in [6, 6.07) is 17.2. The SMILES string of the molecule is CCC1=C(NC2CCN(CCc3ccccc3)CC2)/N=C(Nc2cccc(S(C)(=O)=O)c2)\C(C(N)=O)=C\C=C\1. The molecule has 0 bridgehead atoms. The van der Waals surface area contributed by atoms with Crippen molar-refractivity contribution in [2.45, 2.75) is 43.5 Å². The molecule has 2 aliphatic rings. The Kier molecular flexibility index (Phi) is 9.37. The fourth-order valence-corrected chi connectivity index (χ4v) is 5.40. The number of carbonyl (C=O) groups excluding carboxylic acids is 1. The van der Waals surface area contributed by atoms with E-state index in [1.54, 1.807) is 24.3 Å². The molecule has 0 radical (unpaired) electrons. The lowest BCUT2D eigenvalue weighted by molar-refractivity contribution is -0.114. The van der Waals surface area contributed by atoms with Gasteiger partial charge in [0, 0.05) is 37.6 Å². The number of benzene rings is 2. The van der Waals surface area contributed by atoms with Crippen molar-refractivity contribution in [3.05, 3.63) is 95.4 Å². The fourth-order valence-electron chi connectivity index (χ4n) is 4.73. The van der Waals surface area contributed by atoms with Gasteiger partial charge in [0.25, 0.3) is 5.91 Å². The van der Waals surface area contributed by atoms with Crippen molar-refractivity contribution >= 4 is 27.3 Å². The molecular weight excluding hydrogens is 510 g/mol. The van der Waals surface area contributed by atoms with E-state index in [0.29, 0.717) is 11.5 Å². The first-order valence-corrected chi connectivity index (χ1v) is 15.2. The Labute approximate surface area is 231 Å². The van der Waals surface area contributed by atoms with Crippen LogP contribution in [0.4, 0.5) is 5.69 Å². The molecule has 206 valence electrons. The van der Waals surface area contributed by atoms with Gasteiger partial charge in [0.15, 0.2) is 9.84 Å². The summed E-state index contributed by atoms with van der Waals surface area (Å²) in [6.45, 7) is 5.09. The van der Waals surface area contributed by atoms with Crippen molar-refractivity contribution in [1.29, 1.82) is 0 Å². The highest BCUT2D eigenvalue weighted by Gasteiger charge is 2.22. The van der Waals surface area contributed by atoms with Crippen LogP contribution in [-0.2, 0) is 21.1 Å². The first-order valence-electron chi connectivity index (χ1n) is 13.3. The van der Waals surface area contributed by atoms with E-state index >= 15 is 0 Å². The van der Waals surface area contributed by atoms with Crippen LogP contribution in [0.5, 0.6) is 0 Å². The Bertz CT molecular complexity index is 1400. The summed E-state index contributed by atoms with van der Waals surface area (Å²) >= 11 is 0. The number of nitrogens with two attached hydrogens (primary N) is 1. The zero-order valence-electron chi connectivity index (χ0n) is 22.6. The summed E-state index contributed by atoms with van der Waals surface area (Å²) in [6.07, 6.45) is 10.3. The van der Waals surface area contributed by atoms with Crippen LogP contribution in [0.25, 0.3) is 0 Å². The minimum atomic E-state index is -3.40. The third-order valence-electron chi connectivity index (χ3n) is 7.00. The number of amides is 1.